The van der Waals surface area contributed by atoms with E-state index in [1.54, 1.807) is 0 Å². The molecule has 20 heavy (non-hydrogen) atoms. The summed E-state index contributed by atoms with van der Waals surface area (Å²) >= 11 is 0. The van der Waals surface area contributed by atoms with E-state index >= 15 is 0 Å². The first-order valence-corrected chi connectivity index (χ1v) is 7.44. The van der Waals surface area contributed by atoms with Gasteiger partial charge in [-0.15, -0.1) is 0 Å². The van der Waals surface area contributed by atoms with Crippen molar-refractivity contribution in [1.29, 1.82) is 0 Å². The van der Waals surface area contributed by atoms with Gasteiger partial charge in [-0.2, -0.15) is 5.10 Å². The molecule has 5 heteroatoms. The Hall–Kier alpha value is -1.36. The Morgan fingerprint density at radius 2 is 2.20 bits per heavy atom. The molecule has 1 aromatic heterocycles. The first-order chi connectivity index (χ1) is 9.37. The summed E-state index contributed by atoms with van der Waals surface area (Å²) in [4.78, 5) is 12.3. The molecule has 0 bridgehead atoms. The molecule has 0 saturated carbocycles. The number of hydrogen-bond acceptors (Lipinski definition) is 3. The number of rotatable bonds is 4. The highest BCUT2D eigenvalue weighted by molar-refractivity contribution is 5.94. The van der Waals surface area contributed by atoms with E-state index in [-0.39, 0.29) is 11.9 Å². The molecule has 1 aromatic rings. The molecule has 0 spiro atoms. The van der Waals surface area contributed by atoms with Gasteiger partial charge in [-0.3, -0.25) is 9.89 Å². The summed E-state index contributed by atoms with van der Waals surface area (Å²) in [5, 5.41) is 13.5. The summed E-state index contributed by atoms with van der Waals surface area (Å²) in [6.45, 7) is 10.4. The zero-order valence-corrected chi connectivity index (χ0v) is 13.0. The Bertz CT molecular complexity index is 473. The molecule has 3 N–H and O–H groups in total. The van der Waals surface area contributed by atoms with E-state index < -0.39 is 0 Å². The molecule has 2 heterocycles. The fourth-order valence-corrected chi connectivity index (χ4v) is 2.43. The summed E-state index contributed by atoms with van der Waals surface area (Å²) in [6, 6.07) is 0.172. The molecule has 0 saturated heterocycles. The summed E-state index contributed by atoms with van der Waals surface area (Å²) in [5.74, 6) is -0.0624. The first-order valence-electron chi connectivity index (χ1n) is 7.44. The molecule has 1 amide bonds. The van der Waals surface area contributed by atoms with Crippen molar-refractivity contribution in [2.75, 3.05) is 6.54 Å². The smallest absolute Gasteiger partial charge is 0.272 e. The van der Waals surface area contributed by atoms with Crippen LogP contribution >= 0.6 is 0 Å². The third-order valence-electron chi connectivity index (χ3n) is 3.73. The van der Waals surface area contributed by atoms with E-state index in [0.717, 1.165) is 43.6 Å². The highest BCUT2D eigenvalue weighted by Gasteiger charge is 2.22. The lowest BCUT2D eigenvalue weighted by Crippen LogP contribution is -2.35. The Morgan fingerprint density at radius 3 is 2.90 bits per heavy atom. The summed E-state index contributed by atoms with van der Waals surface area (Å²) in [7, 11) is 0. The molecule has 112 valence electrons. The van der Waals surface area contributed by atoms with Crippen molar-refractivity contribution in [2.45, 2.75) is 59.5 Å². The SMILES string of the molecule is CC(CCC(C)(C)C)NC(=O)c1n[nH]c2c1CNCC2. The number of nitrogens with one attached hydrogen (secondary N) is 3. The van der Waals surface area contributed by atoms with Crippen LogP contribution in [0.4, 0.5) is 0 Å². The van der Waals surface area contributed by atoms with Gasteiger partial charge in [-0.1, -0.05) is 20.8 Å². The van der Waals surface area contributed by atoms with Gasteiger partial charge in [0.05, 0.1) is 0 Å². The quantitative estimate of drug-likeness (QED) is 0.789. The zero-order valence-electron chi connectivity index (χ0n) is 13.0. The van der Waals surface area contributed by atoms with Crippen molar-refractivity contribution >= 4 is 5.91 Å². The minimum absolute atomic E-state index is 0.0624. The second kappa shape index (κ2) is 5.95. The molecule has 0 aromatic carbocycles. The average Bonchev–Trinajstić information content (AvgIpc) is 2.79. The predicted octanol–water partition coefficient (Wildman–Crippen LogP) is 2.00. The number of carbonyl (C=O) groups is 1. The predicted molar refractivity (Wildman–Crippen MR) is 79.6 cm³/mol. The van der Waals surface area contributed by atoms with Crippen LogP contribution in [0.1, 0.15) is 62.3 Å². The van der Waals surface area contributed by atoms with Gasteiger partial charge >= 0.3 is 0 Å². The monoisotopic (exact) mass is 278 g/mol. The first kappa shape index (κ1) is 15.0. The lowest BCUT2D eigenvalue weighted by molar-refractivity contribution is 0.0929. The molecular weight excluding hydrogens is 252 g/mol. The topological polar surface area (TPSA) is 69.8 Å². The minimum Gasteiger partial charge on any atom is -0.348 e. The van der Waals surface area contributed by atoms with E-state index in [0.29, 0.717) is 11.1 Å². The zero-order chi connectivity index (χ0) is 14.8. The van der Waals surface area contributed by atoms with Crippen LogP contribution in [0.5, 0.6) is 0 Å². The Labute approximate surface area is 120 Å². The lowest BCUT2D eigenvalue weighted by atomic mass is 9.89. The minimum atomic E-state index is -0.0624. The van der Waals surface area contributed by atoms with Crippen molar-refractivity contribution < 1.29 is 4.79 Å². The van der Waals surface area contributed by atoms with E-state index in [9.17, 15) is 4.79 Å². The molecule has 1 atom stereocenters. The number of aromatic amines is 1. The maximum atomic E-state index is 12.3. The van der Waals surface area contributed by atoms with Crippen molar-refractivity contribution in [3.05, 3.63) is 17.0 Å². The van der Waals surface area contributed by atoms with Crippen LogP contribution in [0.2, 0.25) is 0 Å². The molecule has 1 aliphatic heterocycles. The molecular formula is C15H26N4O. The number of H-pyrrole nitrogens is 1. The molecule has 1 aliphatic rings. The third-order valence-corrected chi connectivity index (χ3v) is 3.73. The molecule has 2 rings (SSSR count). The maximum Gasteiger partial charge on any atom is 0.272 e. The van der Waals surface area contributed by atoms with Gasteiger partial charge < -0.3 is 10.6 Å². The second-order valence-electron chi connectivity index (χ2n) is 6.93. The van der Waals surface area contributed by atoms with Crippen LogP contribution in [0.25, 0.3) is 0 Å². The average molecular weight is 278 g/mol. The second-order valence-corrected chi connectivity index (χ2v) is 6.93. The molecule has 0 fully saturated rings. The van der Waals surface area contributed by atoms with Crippen molar-refractivity contribution in [3.63, 3.8) is 0 Å². The maximum absolute atomic E-state index is 12.3. The van der Waals surface area contributed by atoms with Crippen molar-refractivity contribution in [2.24, 2.45) is 5.41 Å². The van der Waals surface area contributed by atoms with Gasteiger partial charge in [0.25, 0.3) is 5.91 Å². The largest absolute Gasteiger partial charge is 0.348 e. The van der Waals surface area contributed by atoms with Crippen LogP contribution in [0, 0.1) is 5.41 Å². The highest BCUT2D eigenvalue weighted by atomic mass is 16.2. The molecule has 0 aliphatic carbocycles. The van der Waals surface area contributed by atoms with Crippen LogP contribution in [-0.2, 0) is 13.0 Å². The fourth-order valence-electron chi connectivity index (χ4n) is 2.43. The van der Waals surface area contributed by atoms with Gasteiger partial charge in [0, 0.05) is 36.8 Å². The van der Waals surface area contributed by atoms with E-state index in [4.69, 9.17) is 0 Å². The molecule has 5 nitrogen and oxygen atoms in total. The standard InChI is InChI=1S/C15H26N4O/c1-10(5-7-15(2,3)4)17-14(20)13-11-9-16-8-6-12(11)18-19-13/h10,16H,5-9H2,1-4H3,(H,17,20)(H,18,19). The van der Waals surface area contributed by atoms with Gasteiger partial charge in [-0.05, 0) is 25.2 Å². The van der Waals surface area contributed by atoms with Crippen molar-refractivity contribution in [1.82, 2.24) is 20.8 Å². The lowest BCUT2D eigenvalue weighted by Gasteiger charge is -2.21. The molecule has 0 radical (unpaired) electrons. The third kappa shape index (κ3) is 3.82. The number of fused-ring (bicyclic) bond motifs is 1. The summed E-state index contributed by atoms with van der Waals surface area (Å²) in [6.07, 6.45) is 2.99. The van der Waals surface area contributed by atoms with Gasteiger partial charge in [0.15, 0.2) is 5.69 Å². The van der Waals surface area contributed by atoms with Gasteiger partial charge in [0.2, 0.25) is 0 Å². The van der Waals surface area contributed by atoms with E-state index in [1.165, 1.54) is 0 Å². The van der Waals surface area contributed by atoms with E-state index in [1.807, 2.05) is 0 Å². The fraction of sp³-hybridized carbons (Fsp3) is 0.733. The number of amides is 1. The highest BCUT2D eigenvalue weighted by Crippen LogP contribution is 2.22. The van der Waals surface area contributed by atoms with Crippen LogP contribution < -0.4 is 10.6 Å². The Morgan fingerprint density at radius 1 is 1.45 bits per heavy atom. The summed E-state index contributed by atoms with van der Waals surface area (Å²) < 4.78 is 0. The van der Waals surface area contributed by atoms with Crippen LogP contribution in [-0.4, -0.2) is 28.7 Å². The number of nitrogens with zero attached hydrogens (tertiary/aromatic N) is 1. The summed E-state index contributed by atoms with van der Waals surface area (Å²) in [5.41, 5.74) is 2.97. The van der Waals surface area contributed by atoms with Gasteiger partial charge in [0.1, 0.15) is 0 Å². The Kier molecular flexibility index (Phi) is 4.48. The van der Waals surface area contributed by atoms with E-state index in [2.05, 4.69) is 48.5 Å². The van der Waals surface area contributed by atoms with Crippen molar-refractivity contribution in [3.8, 4) is 0 Å². The van der Waals surface area contributed by atoms with Gasteiger partial charge in [-0.25, -0.2) is 0 Å². The Balaban J connectivity index is 1.93. The molecule has 1 unspecified atom stereocenters. The number of aromatic nitrogens is 2. The number of hydrogen-bond donors (Lipinski definition) is 3. The van der Waals surface area contributed by atoms with Crippen LogP contribution in [0.15, 0.2) is 0 Å². The van der Waals surface area contributed by atoms with Crippen LogP contribution in [0.3, 0.4) is 0 Å². The normalized spacial score (nSPS) is 16.6. The number of carbonyl (C=O) groups excluding carboxylic acids is 1.